The molecule has 116 valence electrons. The van der Waals surface area contributed by atoms with Crippen LogP contribution in [-0.4, -0.2) is 57.4 Å². The van der Waals surface area contributed by atoms with E-state index in [0.717, 1.165) is 4.47 Å². The van der Waals surface area contributed by atoms with Gasteiger partial charge in [-0.2, -0.15) is 0 Å². The molecule has 0 radical (unpaired) electrons. The number of methoxy groups -OCH3 is 1. The largest absolute Gasteiger partial charge is 0.496 e. The van der Waals surface area contributed by atoms with Crippen molar-refractivity contribution in [3.05, 3.63) is 28.2 Å². The Labute approximate surface area is 133 Å². The number of sulfone groups is 1. The van der Waals surface area contributed by atoms with Crippen molar-refractivity contribution in [3.63, 3.8) is 0 Å². The van der Waals surface area contributed by atoms with Crippen LogP contribution in [0, 0.1) is 0 Å². The summed E-state index contributed by atoms with van der Waals surface area (Å²) >= 11 is 3.36. The number of benzene rings is 1. The summed E-state index contributed by atoms with van der Waals surface area (Å²) in [5, 5.41) is 0. The Morgan fingerprint density at radius 3 is 2.76 bits per heavy atom. The Balaban J connectivity index is 2.02. The number of Topliss-reactive ketones (excluding diaryl/α,β-unsaturated/α-hetero) is 1. The van der Waals surface area contributed by atoms with E-state index >= 15 is 0 Å². The number of carbonyl (C=O) groups is 1. The van der Waals surface area contributed by atoms with E-state index in [1.165, 1.54) is 0 Å². The van der Waals surface area contributed by atoms with Crippen LogP contribution >= 0.6 is 15.9 Å². The lowest BCUT2D eigenvalue weighted by molar-refractivity contribution is 0.0935. The molecule has 7 heteroatoms. The number of halogens is 1. The maximum absolute atomic E-state index is 12.3. The second-order valence-electron chi connectivity index (χ2n) is 5.05. The molecule has 0 saturated carbocycles. The second-order valence-corrected chi connectivity index (χ2v) is 8.21. The molecule has 0 atom stereocenters. The minimum atomic E-state index is -2.95. The summed E-state index contributed by atoms with van der Waals surface area (Å²) in [6, 6.07) is 5.19. The van der Waals surface area contributed by atoms with Crippen LogP contribution in [-0.2, 0) is 9.84 Å². The first-order valence-corrected chi connectivity index (χ1v) is 9.32. The third-order valence-electron chi connectivity index (χ3n) is 3.49. The molecule has 0 unspecified atom stereocenters. The van der Waals surface area contributed by atoms with Crippen molar-refractivity contribution in [2.24, 2.45) is 0 Å². The van der Waals surface area contributed by atoms with Gasteiger partial charge in [-0.3, -0.25) is 9.69 Å². The predicted octanol–water partition coefficient (Wildman–Crippen LogP) is 1.76. The summed E-state index contributed by atoms with van der Waals surface area (Å²) < 4.78 is 29.0. The first-order valence-electron chi connectivity index (χ1n) is 6.71. The highest BCUT2D eigenvalue weighted by Gasteiger charge is 2.21. The Bertz CT molecular complexity index is 630. The minimum Gasteiger partial charge on any atom is -0.496 e. The molecular formula is C14H18BrNO4S. The second kappa shape index (κ2) is 6.89. The van der Waals surface area contributed by atoms with Crippen molar-refractivity contribution < 1.29 is 17.9 Å². The number of hydrogen-bond donors (Lipinski definition) is 0. The molecule has 2 rings (SSSR count). The van der Waals surface area contributed by atoms with Gasteiger partial charge in [0.05, 0.1) is 29.6 Å². The Morgan fingerprint density at radius 2 is 2.10 bits per heavy atom. The first kappa shape index (κ1) is 16.5. The molecule has 1 saturated heterocycles. The van der Waals surface area contributed by atoms with Crippen LogP contribution in [0.25, 0.3) is 0 Å². The number of ketones is 1. The van der Waals surface area contributed by atoms with Crippen LogP contribution in [0.1, 0.15) is 16.8 Å². The van der Waals surface area contributed by atoms with Gasteiger partial charge in [0.15, 0.2) is 15.6 Å². The van der Waals surface area contributed by atoms with Gasteiger partial charge in [0, 0.05) is 12.1 Å². The average molecular weight is 376 g/mol. The normalized spacial score (nSPS) is 19.0. The molecule has 5 nitrogen and oxygen atoms in total. The molecule has 0 aromatic heterocycles. The minimum absolute atomic E-state index is 0.0161. The standard InChI is InChI=1S/C14H18BrNO4S/c1-20-14-4-3-11(9-12(14)15)13(17)10-16-5-2-7-21(18,19)8-6-16/h3-4,9H,2,5-8,10H2,1H3. The smallest absolute Gasteiger partial charge is 0.176 e. The number of ether oxygens (including phenoxy) is 1. The summed E-state index contributed by atoms with van der Waals surface area (Å²) in [7, 11) is -1.38. The molecular weight excluding hydrogens is 358 g/mol. The van der Waals surface area contributed by atoms with E-state index in [1.807, 2.05) is 4.90 Å². The number of nitrogens with zero attached hydrogens (tertiary/aromatic N) is 1. The summed E-state index contributed by atoms with van der Waals surface area (Å²) in [6.07, 6.45) is 0.585. The molecule has 0 aliphatic carbocycles. The Morgan fingerprint density at radius 1 is 1.33 bits per heavy atom. The lowest BCUT2D eigenvalue weighted by atomic mass is 10.1. The average Bonchev–Trinajstić information content (AvgIpc) is 2.60. The van der Waals surface area contributed by atoms with Crippen LogP contribution in [0.2, 0.25) is 0 Å². The molecule has 1 aromatic rings. The quantitative estimate of drug-likeness (QED) is 0.750. The first-order chi connectivity index (χ1) is 9.91. The Hall–Kier alpha value is -0.920. The van der Waals surface area contributed by atoms with Gasteiger partial charge < -0.3 is 4.74 Å². The molecule has 21 heavy (non-hydrogen) atoms. The summed E-state index contributed by atoms with van der Waals surface area (Å²) in [6.45, 7) is 1.31. The zero-order valence-electron chi connectivity index (χ0n) is 11.8. The van der Waals surface area contributed by atoms with Gasteiger partial charge in [-0.25, -0.2) is 8.42 Å². The summed E-state index contributed by atoms with van der Waals surface area (Å²) in [5.74, 6) is 1.00. The fraction of sp³-hybridized carbons (Fsp3) is 0.500. The van der Waals surface area contributed by atoms with Gasteiger partial charge >= 0.3 is 0 Å². The topological polar surface area (TPSA) is 63.7 Å². The van der Waals surface area contributed by atoms with E-state index < -0.39 is 9.84 Å². The Kier molecular flexibility index (Phi) is 5.40. The lowest BCUT2D eigenvalue weighted by Gasteiger charge is -2.18. The fourth-order valence-electron chi connectivity index (χ4n) is 2.28. The van der Waals surface area contributed by atoms with E-state index in [9.17, 15) is 13.2 Å². The van der Waals surface area contributed by atoms with E-state index in [0.29, 0.717) is 30.8 Å². The number of carbonyl (C=O) groups excluding carboxylic acids is 1. The predicted molar refractivity (Wildman–Crippen MR) is 84.7 cm³/mol. The molecule has 0 amide bonds. The number of rotatable bonds is 4. The van der Waals surface area contributed by atoms with Gasteiger partial charge in [-0.1, -0.05) is 0 Å². The van der Waals surface area contributed by atoms with Crippen LogP contribution in [0.3, 0.4) is 0 Å². The molecule has 0 bridgehead atoms. The van der Waals surface area contributed by atoms with Gasteiger partial charge in [0.1, 0.15) is 5.75 Å². The summed E-state index contributed by atoms with van der Waals surface area (Å²) in [4.78, 5) is 14.2. The molecule has 1 aliphatic rings. The maximum atomic E-state index is 12.3. The molecule has 1 aliphatic heterocycles. The van der Waals surface area contributed by atoms with Crippen LogP contribution in [0.15, 0.2) is 22.7 Å². The van der Waals surface area contributed by atoms with Crippen LogP contribution in [0.4, 0.5) is 0 Å². The highest BCUT2D eigenvalue weighted by atomic mass is 79.9. The summed E-state index contributed by atoms with van der Waals surface area (Å²) in [5.41, 5.74) is 0.592. The monoisotopic (exact) mass is 375 g/mol. The van der Waals surface area contributed by atoms with Crippen LogP contribution < -0.4 is 4.74 Å². The molecule has 0 spiro atoms. The maximum Gasteiger partial charge on any atom is 0.176 e. The third kappa shape index (κ3) is 4.52. The highest BCUT2D eigenvalue weighted by Crippen LogP contribution is 2.25. The van der Waals surface area contributed by atoms with Gasteiger partial charge in [0.25, 0.3) is 0 Å². The fourth-order valence-corrected chi connectivity index (χ4v) is 4.13. The van der Waals surface area contributed by atoms with Gasteiger partial charge in [-0.15, -0.1) is 0 Å². The van der Waals surface area contributed by atoms with E-state index in [1.54, 1.807) is 25.3 Å². The van der Waals surface area contributed by atoms with Crippen molar-refractivity contribution in [1.82, 2.24) is 4.90 Å². The van der Waals surface area contributed by atoms with Crippen LogP contribution in [0.5, 0.6) is 5.75 Å². The zero-order chi connectivity index (χ0) is 15.5. The number of hydrogen-bond acceptors (Lipinski definition) is 5. The molecule has 1 aromatic carbocycles. The van der Waals surface area contributed by atoms with Gasteiger partial charge in [0.2, 0.25) is 0 Å². The third-order valence-corrected chi connectivity index (χ3v) is 5.82. The van der Waals surface area contributed by atoms with E-state index in [4.69, 9.17) is 4.74 Å². The van der Waals surface area contributed by atoms with Crippen molar-refractivity contribution in [1.29, 1.82) is 0 Å². The van der Waals surface area contributed by atoms with E-state index in [2.05, 4.69) is 15.9 Å². The molecule has 1 heterocycles. The SMILES string of the molecule is COc1ccc(C(=O)CN2CCCS(=O)(=O)CC2)cc1Br. The van der Waals surface area contributed by atoms with Crippen molar-refractivity contribution >= 4 is 31.6 Å². The molecule has 1 fully saturated rings. The highest BCUT2D eigenvalue weighted by molar-refractivity contribution is 9.10. The van der Waals surface area contributed by atoms with Gasteiger partial charge in [-0.05, 0) is 47.1 Å². The lowest BCUT2D eigenvalue weighted by Crippen LogP contribution is -2.32. The van der Waals surface area contributed by atoms with E-state index in [-0.39, 0.29) is 23.8 Å². The zero-order valence-corrected chi connectivity index (χ0v) is 14.2. The molecule has 0 N–H and O–H groups in total. The van der Waals surface area contributed by atoms with Crippen molar-refractivity contribution in [2.45, 2.75) is 6.42 Å². The van der Waals surface area contributed by atoms with Crippen molar-refractivity contribution in [2.75, 3.05) is 38.2 Å². The van der Waals surface area contributed by atoms with Crippen molar-refractivity contribution in [3.8, 4) is 5.75 Å².